The van der Waals surface area contributed by atoms with Crippen LogP contribution in [0.1, 0.15) is 37.5 Å². The highest BCUT2D eigenvalue weighted by Crippen LogP contribution is 2.55. The summed E-state index contributed by atoms with van der Waals surface area (Å²) >= 11 is 0. The van der Waals surface area contributed by atoms with E-state index in [4.69, 9.17) is 4.52 Å². The van der Waals surface area contributed by atoms with Gasteiger partial charge < -0.3 is 19.2 Å². The van der Waals surface area contributed by atoms with E-state index in [0.717, 1.165) is 41.8 Å². The number of piperazine rings is 1. The minimum absolute atomic E-state index is 0.0218. The average molecular weight is 493 g/mol. The predicted molar refractivity (Wildman–Crippen MR) is 129 cm³/mol. The molecule has 4 aliphatic rings. The van der Waals surface area contributed by atoms with Crippen molar-refractivity contribution in [3.63, 3.8) is 0 Å². The summed E-state index contributed by atoms with van der Waals surface area (Å²) in [5, 5.41) is 4.28. The Kier molecular flexibility index (Phi) is 5.78. The minimum atomic E-state index is -0.413. The fourth-order valence-corrected chi connectivity index (χ4v) is 5.93. The van der Waals surface area contributed by atoms with Crippen molar-refractivity contribution in [2.24, 2.45) is 5.41 Å². The highest BCUT2D eigenvalue weighted by Gasteiger charge is 2.56. The third-order valence-corrected chi connectivity index (χ3v) is 8.34. The van der Waals surface area contributed by atoms with E-state index in [-0.39, 0.29) is 23.1 Å². The highest BCUT2D eigenvalue weighted by molar-refractivity contribution is 5.89. The Morgan fingerprint density at radius 3 is 2.50 bits per heavy atom. The molecule has 0 radical (unpaired) electrons. The van der Waals surface area contributed by atoms with Gasteiger partial charge in [0.15, 0.2) is 0 Å². The molecule has 2 aromatic heterocycles. The SMILES string of the molecule is CC(=O)N1CCN(CC(=O)N2CC3(CC3)C[C@@H]2C(=O)N2CCc3onc(-c4ccncc4)c3C2)CC1. The number of carbonyl (C=O) groups is 3. The summed E-state index contributed by atoms with van der Waals surface area (Å²) in [5.74, 6) is 0.953. The summed E-state index contributed by atoms with van der Waals surface area (Å²) in [4.78, 5) is 50.6. The van der Waals surface area contributed by atoms with Crippen molar-refractivity contribution in [1.29, 1.82) is 0 Å². The zero-order chi connectivity index (χ0) is 24.9. The fraction of sp³-hybridized carbons (Fsp3) is 0.577. The maximum absolute atomic E-state index is 13.8. The number of pyridine rings is 1. The molecule has 3 amide bonds. The maximum Gasteiger partial charge on any atom is 0.245 e. The zero-order valence-corrected chi connectivity index (χ0v) is 20.7. The van der Waals surface area contributed by atoms with Gasteiger partial charge in [-0.3, -0.25) is 24.3 Å². The van der Waals surface area contributed by atoms with Crippen LogP contribution < -0.4 is 0 Å². The summed E-state index contributed by atoms with van der Waals surface area (Å²) in [6.45, 7) is 6.21. The van der Waals surface area contributed by atoms with Gasteiger partial charge in [0.1, 0.15) is 17.5 Å². The molecule has 2 saturated heterocycles. The lowest BCUT2D eigenvalue weighted by atomic mass is 9.99. The van der Waals surface area contributed by atoms with Crippen LogP contribution in [-0.2, 0) is 27.3 Å². The van der Waals surface area contributed by atoms with E-state index in [1.54, 1.807) is 19.3 Å². The fourth-order valence-electron chi connectivity index (χ4n) is 5.93. The molecule has 1 spiro atoms. The number of nitrogens with zero attached hydrogens (tertiary/aromatic N) is 6. The molecular weight excluding hydrogens is 460 g/mol. The van der Waals surface area contributed by atoms with Crippen molar-refractivity contribution in [1.82, 2.24) is 29.7 Å². The van der Waals surface area contributed by atoms with E-state index < -0.39 is 6.04 Å². The maximum atomic E-state index is 13.8. The second kappa shape index (κ2) is 8.99. The number of carbonyl (C=O) groups excluding carboxylic acids is 3. The number of likely N-dealkylation sites (tertiary alicyclic amines) is 1. The number of amides is 3. The first-order valence-electron chi connectivity index (χ1n) is 12.9. The lowest BCUT2D eigenvalue weighted by molar-refractivity contribution is -0.145. The first-order valence-corrected chi connectivity index (χ1v) is 12.9. The van der Waals surface area contributed by atoms with Gasteiger partial charge in [0, 0.05) is 76.1 Å². The van der Waals surface area contributed by atoms with E-state index in [1.807, 2.05) is 26.8 Å². The molecule has 1 atom stereocenters. The van der Waals surface area contributed by atoms with Crippen molar-refractivity contribution in [2.45, 2.75) is 45.2 Å². The normalized spacial score (nSPS) is 23.1. The van der Waals surface area contributed by atoms with Crippen LogP contribution >= 0.6 is 0 Å². The second-order valence-corrected chi connectivity index (χ2v) is 10.7. The predicted octanol–water partition coefficient (Wildman–Crippen LogP) is 1.17. The molecule has 10 heteroatoms. The summed E-state index contributed by atoms with van der Waals surface area (Å²) in [6.07, 6.45) is 6.98. The third kappa shape index (κ3) is 4.27. The molecule has 10 nitrogen and oxygen atoms in total. The van der Waals surface area contributed by atoms with Crippen molar-refractivity contribution in [2.75, 3.05) is 45.8 Å². The average Bonchev–Trinajstić information content (AvgIpc) is 3.34. The topological polar surface area (TPSA) is 103 Å². The zero-order valence-electron chi connectivity index (χ0n) is 20.7. The minimum Gasteiger partial charge on any atom is -0.360 e. The van der Waals surface area contributed by atoms with Gasteiger partial charge in [0.25, 0.3) is 0 Å². The number of aromatic nitrogens is 2. The van der Waals surface area contributed by atoms with Gasteiger partial charge in [-0.05, 0) is 36.8 Å². The number of rotatable bonds is 4. The molecule has 0 aromatic carbocycles. The molecule has 1 aliphatic carbocycles. The van der Waals surface area contributed by atoms with E-state index in [9.17, 15) is 14.4 Å². The van der Waals surface area contributed by atoms with Crippen LogP contribution in [0.4, 0.5) is 0 Å². The van der Waals surface area contributed by atoms with Crippen LogP contribution in [0.3, 0.4) is 0 Å². The first-order chi connectivity index (χ1) is 17.4. The standard InChI is InChI=1S/C26H32N6O4/c1-18(33)30-12-10-29(11-13-30)16-23(34)32-17-26(5-6-26)14-21(32)25(35)31-9-4-22-20(15-31)24(28-36-22)19-2-7-27-8-3-19/h2-3,7-8,21H,4-6,9-17H2,1H3/t21-/m1/s1. The molecule has 3 aliphatic heterocycles. The van der Waals surface area contributed by atoms with Crippen molar-refractivity contribution in [3.05, 3.63) is 35.9 Å². The van der Waals surface area contributed by atoms with Gasteiger partial charge in [-0.25, -0.2) is 0 Å². The lowest BCUT2D eigenvalue weighted by Crippen LogP contribution is -2.54. The Balaban J connectivity index is 1.15. The smallest absolute Gasteiger partial charge is 0.245 e. The number of hydrogen-bond donors (Lipinski definition) is 0. The van der Waals surface area contributed by atoms with Gasteiger partial charge >= 0.3 is 0 Å². The molecule has 2 aromatic rings. The largest absolute Gasteiger partial charge is 0.360 e. The molecule has 3 fully saturated rings. The Hall–Kier alpha value is -3.27. The molecule has 1 saturated carbocycles. The van der Waals surface area contributed by atoms with Crippen molar-refractivity contribution >= 4 is 17.7 Å². The van der Waals surface area contributed by atoms with Gasteiger partial charge in [-0.15, -0.1) is 0 Å². The van der Waals surface area contributed by atoms with E-state index in [2.05, 4.69) is 15.0 Å². The van der Waals surface area contributed by atoms with Gasteiger partial charge in [0.2, 0.25) is 17.7 Å². The monoisotopic (exact) mass is 492 g/mol. The summed E-state index contributed by atoms with van der Waals surface area (Å²) in [6, 6.07) is 3.37. The van der Waals surface area contributed by atoms with Crippen LogP contribution in [0.25, 0.3) is 11.3 Å². The van der Waals surface area contributed by atoms with Crippen molar-refractivity contribution < 1.29 is 18.9 Å². The first kappa shape index (κ1) is 23.1. The Morgan fingerprint density at radius 2 is 1.81 bits per heavy atom. The van der Waals surface area contributed by atoms with Crippen LogP contribution in [-0.4, -0.2) is 99.3 Å². The lowest BCUT2D eigenvalue weighted by Gasteiger charge is -2.36. The van der Waals surface area contributed by atoms with Gasteiger partial charge in [-0.1, -0.05) is 5.16 Å². The Bertz CT molecular complexity index is 1170. The second-order valence-electron chi connectivity index (χ2n) is 10.7. The van der Waals surface area contributed by atoms with E-state index in [0.29, 0.717) is 58.8 Å². The van der Waals surface area contributed by atoms with Crippen LogP contribution in [0.15, 0.2) is 29.0 Å². The molecule has 0 N–H and O–H groups in total. The quantitative estimate of drug-likeness (QED) is 0.631. The molecule has 36 heavy (non-hydrogen) atoms. The summed E-state index contributed by atoms with van der Waals surface area (Å²) < 4.78 is 5.60. The van der Waals surface area contributed by atoms with Crippen LogP contribution in [0, 0.1) is 5.41 Å². The summed E-state index contributed by atoms with van der Waals surface area (Å²) in [7, 11) is 0. The van der Waals surface area contributed by atoms with Crippen molar-refractivity contribution in [3.8, 4) is 11.3 Å². The van der Waals surface area contributed by atoms with Gasteiger partial charge in [-0.2, -0.15) is 0 Å². The molecule has 6 rings (SSSR count). The number of fused-ring (bicyclic) bond motifs is 1. The molecule has 0 bridgehead atoms. The van der Waals surface area contributed by atoms with Crippen LogP contribution in [0.2, 0.25) is 0 Å². The Labute approximate surface area is 210 Å². The van der Waals surface area contributed by atoms with Gasteiger partial charge in [0.05, 0.1) is 13.1 Å². The highest BCUT2D eigenvalue weighted by atomic mass is 16.5. The molecule has 0 unspecified atom stereocenters. The molecule has 5 heterocycles. The molecular formula is C26H32N6O4. The van der Waals surface area contributed by atoms with E-state index >= 15 is 0 Å². The van der Waals surface area contributed by atoms with Crippen LogP contribution in [0.5, 0.6) is 0 Å². The van der Waals surface area contributed by atoms with E-state index in [1.165, 1.54) is 0 Å². The summed E-state index contributed by atoms with van der Waals surface area (Å²) in [5.41, 5.74) is 2.74. The third-order valence-electron chi connectivity index (χ3n) is 8.34. The molecule has 190 valence electrons. The number of hydrogen-bond acceptors (Lipinski definition) is 7. The Morgan fingerprint density at radius 1 is 1.06 bits per heavy atom.